The van der Waals surface area contributed by atoms with Crippen LogP contribution in [0, 0.1) is 6.92 Å². The van der Waals surface area contributed by atoms with E-state index in [1.165, 1.54) is 10.6 Å². The Morgan fingerprint density at radius 1 is 1.28 bits per heavy atom. The quantitative estimate of drug-likeness (QED) is 0.836. The lowest BCUT2D eigenvalue weighted by atomic mass is 10.2. The molecule has 1 amide bonds. The van der Waals surface area contributed by atoms with Crippen molar-refractivity contribution in [2.24, 2.45) is 0 Å². The van der Waals surface area contributed by atoms with E-state index in [9.17, 15) is 4.79 Å². The maximum absolute atomic E-state index is 12.3. The number of hydrogen-bond donors (Lipinski definition) is 1. The van der Waals surface area contributed by atoms with Gasteiger partial charge in [0.15, 0.2) is 0 Å². The number of aryl methyl sites for hydroxylation is 1. The van der Waals surface area contributed by atoms with Crippen molar-refractivity contribution in [3.05, 3.63) is 48.0 Å². The zero-order valence-corrected chi connectivity index (χ0v) is 15.6. The molecule has 4 nitrogen and oxygen atoms in total. The molecule has 0 atom stereocenters. The van der Waals surface area contributed by atoms with E-state index in [1.54, 1.807) is 7.11 Å². The summed E-state index contributed by atoms with van der Waals surface area (Å²) in [6.07, 6.45) is 1.34. The normalized spacial score (nSPS) is 13.3. The van der Waals surface area contributed by atoms with Crippen molar-refractivity contribution < 1.29 is 9.53 Å². The molecule has 1 aliphatic rings. The molecule has 1 heterocycles. The highest BCUT2D eigenvalue weighted by molar-refractivity contribution is 7.99. The fourth-order valence-corrected chi connectivity index (χ4v) is 4.07. The summed E-state index contributed by atoms with van der Waals surface area (Å²) in [7, 11) is 1.62. The third-order valence-electron chi connectivity index (χ3n) is 4.29. The van der Waals surface area contributed by atoms with E-state index in [0.29, 0.717) is 12.2 Å². The summed E-state index contributed by atoms with van der Waals surface area (Å²) in [6.45, 7) is 3.94. The highest BCUT2D eigenvalue weighted by atomic mass is 32.2. The Bertz CT molecular complexity index is 748. The van der Waals surface area contributed by atoms with Gasteiger partial charge in [0.05, 0.1) is 18.5 Å². The maximum Gasteiger partial charge on any atom is 0.224 e. The molecule has 0 radical (unpaired) electrons. The number of para-hydroxylation sites is 1. The number of ether oxygens (including phenoxy) is 1. The van der Waals surface area contributed by atoms with Gasteiger partial charge in [0, 0.05) is 30.2 Å². The van der Waals surface area contributed by atoms with Crippen molar-refractivity contribution >= 4 is 29.0 Å². The molecule has 0 aliphatic carbocycles. The SMILES string of the molecule is COc1ccc(C)cc1NC(=O)CCCN1CCSc2ccccc21. The molecule has 0 spiro atoms. The lowest BCUT2D eigenvalue weighted by Gasteiger charge is -2.30. The van der Waals surface area contributed by atoms with Crippen LogP contribution in [0.3, 0.4) is 0 Å². The number of nitrogens with one attached hydrogen (secondary N) is 1. The van der Waals surface area contributed by atoms with Gasteiger partial charge in [-0.3, -0.25) is 4.79 Å². The largest absolute Gasteiger partial charge is 0.495 e. The third-order valence-corrected chi connectivity index (χ3v) is 5.33. The molecule has 0 unspecified atom stereocenters. The minimum atomic E-state index is 0.0311. The zero-order valence-electron chi connectivity index (χ0n) is 14.7. The minimum absolute atomic E-state index is 0.0311. The Balaban J connectivity index is 1.53. The van der Waals surface area contributed by atoms with Crippen LogP contribution in [0.25, 0.3) is 0 Å². The molecule has 0 saturated carbocycles. The molecule has 0 bridgehead atoms. The number of benzene rings is 2. The average Bonchev–Trinajstić information content (AvgIpc) is 2.62. The highest BCUT2D eigenvalue weighted by Crippen LogP contribution is 2.34. The van der Waals surface area contributed by atoms with E-state index in [-0.39, 0.29) is 5.91 Å². The van der Waals surface area contributed by atoms with Crippen LogP contribution < -0.4 is 15.0 Å². The number of hydrogen-bond acceptors (Lipinski definition) is 4. The molecule has 2 aromatic carbocycles. The van der Waals surface area contributed by atoms with Crippen LogP contribution in [-0.4, -0.2) is 31.9 Å². The first-order valence-corrected chi connectivity index (χ1v) is 9.57. The van der Waals surface area contributed by atoms with Gasteiger partial charge in [-0.05, 0) is 43.2 Å². The van der Waals surface area contributed by atoms with Crippen molar-refractivity contribution in [1.82, 2.24) is 0 Å². The van der Waals surface area contributed by atoms with Crippen LogP contribution in [0.1, 0.15) is 18.4 Å². The van der Waals surface area contributed by atoms with Crippen LogP contribution in [0.2, 0.25) is 0 Å². The topological polar surface area (TPSA) is 41.6 Å². The van der Waals surface area contributed by atoms with Gasteiger partial charge >= 0.3 is 0 Å². The van der Waals surface area contributed by atoms with E-state index in [0.717, 1.165) is 36.5 Å². The second-order valence-corrected chi connectivity index (χ2v) is 7.30. The van der Waals surface area contributed by atoms with E-state index in [2.05, 4.69) is 34.5 Å². The molecule has 2 aromatic rings. The van der Waals surface area contributed by atoms with Crippen molar-refractivity contribution in [3.63, 3.8) is 0 Å². The average molecular weight is 356 g/mol. The maximum atomic E-state index is 12.3. The molecule has 0 fully saturated rings. The molecule has 132 valence electrons. The second kappa shape index (κ2) is 8.30. The van der Waals surface area contributed by atoms with Crippen molar-refractivity contribution in [2.45, 2.75) is 24.7 Å². The number of methoxy groups -OCH3 is 1. The molecule has 3 rings (SSSR count). The molecule has 5 heteroatoms. The summed E-state index contributed by atoms with van der Waals surface area (Å²) in [6, 6.07) is 14.3. The minimum Gasteiger partial charge on any atom is -0.495 e. The second-order valence-electron chi connectivity index (χ2n) is 6.16. The first kappa shape index (κ1) is 17.7. The highest BCUT2D eigenvalue weighted by Gasteiger charge is 2.16. The number of rotatable bonds is 6. The molecule has 25 heavy (non-hydrogen) atoms. The lowest BCUT2D eigenvalue weighted by Crippen LogP contribution is -2.30. The molecular formula is C20H24N2O2S. The van der Waals surface area contributed by atoms with E-state index in [1.807, 2.05) is 36.9 Å². The van der Waals surface area contributed by atoms with Gasteiger partial charge < -0.3 is 15.0 Å². The molecule has 1 aliphatic heterocycles. The van der Waals surface area contributed by atoms with Gasteiger partial charge in [-0.15, -0.1) is 11.8 Å². The van der Waals surface area contributed by atoms with Gasteiger partial charge in [0.25, 0.3) is 0 Å². The van der Waals surface area contributed by atoms with Crippen molar-refractivity contribution in [1.29, 1.82) is 0 Å². The third kappa shape index (κ3) is 4.48. The lowest BCUT2D eigenvalue weighted by molar-refractivity contribution is -0.116. The molecule has 0 aromatic heterocycles. The number of carbonyl (C=O) groups excluding carboxylic acids is 1. The van der Waals surface area contributed by atoms with Gasteiger partial charge in [0.1, 0.15) is 5.75 Å². The predicted octanol–water partition coefficient (Wildman–Crippen LogP) is 4.33. The number of amides is 1. The predicted molar refractivity (Wildman–Crippen MR) is 105 cm³/mol. The van der Waals surface area contributed by atoms with E-state index in [4.69, 9.17) is 4.74 Å². The Morgan fingerprint density at radius 3 is 2.96 bits per heavy atom. The number of thioether (sulfide) groups is 1. The van der Waals surface area contributed by atoms with Gasteiger partial charge in [-0.2, -0.15) is 0 Å². The van der Waals surface area contributed by atoms with Crippen molar-refractivity contribution in [3.8, 4) is 5.75 Å². The van der Waals surface area contributed by atoms with Gasteiger partial charge in [-0.25, -0.2) is 0 Å². The summed E-state index contributed by atoms with van der Waals surface area (Å²) in [4.78, 5) is 16.0. The Kier molecular flexibility index (Phi) is 5.87. The van der Waals surface area contributed by atoms with E-state index >= 15 is 0 Å². The number of anilines is 2. The number of fused-ring (bicyclic) bond motifs is 1. The van der Waals surface area contributed by atoms with Crippen LogP contribution >= 0.6 is 11.8 Å². The van der Waals surface area contributed by atoms with Crippen LogP contribution in [0.15, 0.2) is 47.4 Å². The van der Waals surface area contributed by atoms with Crippen molar-refractivity contribution in [2.75, 3.05) is 36.2 Å². The summed E-state index contributed by atoms with van der Waals surface area (Å²) < 4.78 is 5.31. The van der Waals surface area contributed by atoms with E-state index < -0.39 is 0 Å². The molecule has 1 N–H and O–H groups in total. The number of nitrogens with zero attached hydrogens (tertiary/aromatic N) is 1. The Labute approximate surface area is 153 Å². The Hall–Kier alpha value is -2.14. The standard InChI is InChI=1S/C20H24N2O2S/c1-15-9-10-18(24-2)16(14-15)21-20(23)8-5-11-22-12-13-25-19-7-4-3-6-17(19)22/h3-4,6-7,9-10,14H,5,8,11-13H2,1-2H3,(H,21,23). The summed E-state index contributed by atoms with van der Waals surface area (Å²) >= 11 is 1.90. The summed E-state index contributed by atoms with van der Waals surface area (Å²) in [5, 5.41) is 2.97. The number of carbonyl (C=O) groups is 1. The van der Waals surface area contributed by atoms with Crippen LogP contribution in [0.4, 0.5) is 11.4 Å². The first-order chi connectivity index (χ1) is 12.2. The summed E-state index contributed by atoms with van der Waals surface area (Å²) in [5.41, 5.74) is 3.13. The fraction of sp³-hybridized carbons (Fsp3) is 0.350. The fourth-order valence-electron chi connectivity index (χ4n) is 3.02. The van der Waals surface area contributed by atoms with Crippen LogP contribution in [-0.2, 0) is 4.79 Å². The van der Waals surface area contributed by atoms with Crippen LogP contribution in [0.5, 0.6) is 5.75 Å². The van der Waals surface area contributed by atoms with Gasteiger partial charge in [-0.1, -0.05) is 18.2 Å². The molecule has 0 saturated heterocycles. The summed E-state index contributed by atoms with van der Waals surface area (Å²) in [5.74, 6) is 1.83. The Morgan fingerprint density at radius 2 is 2.12 bits per heavy atom. The van der Waals surface area contributed by atoms with Gasteiger partial charge in [0.2, 0.25) is 5.91 Å². The monoisotopic (exact) mass is 356 g/mol. The first-order valence-electron chi connectivity index (χ1n) is 8.58. The smallest absolute Gasteiger partial charge is 0.224 e. The molecular weight excluding hydrogens is 332 g/mol. The zero-order chi connectivity index (χ0) is 17.6.